The van der Waals surface area contributed by atoms with Crippen molar-refractivity contribution >= 4 is 53.1 Å². The summed E-state index contributed by atoms with van der Waals surface area (Å²) in [5.41, 5.74) is 1.11. The lowest BCUT2D eigenvalue weighted by molar-refractivity contribution is -0.122. The lowest BCUT2D eigenvalue weighted by atomic mass is 10.1. The number of barbiturate groups is 1. The maximum absolute atomic E-state index is 13.3. The minimum atomic E-state index is -1.05. The number of rotatable bonds is 7. The van der Waals surface area contributed by atoms with Gasteiger partial charge in [0.15, 0.2) is 0 Å². The minimum absolute atomic E-state index is 0.0645. The van der Waals surface area contributed by atoms with Gasteiger partial charge in [0.25, 0.3) is 11.8 Å². The Morgan fingerprint density at radius 1 is 0.974 bits per heavy atom. The molecule has 3 aromatic carbocycles. The van der Waals surface area contributed by atoms with Gasteiger partial charge in [0, 0.05) is 10.6 Å². The molecule has 0 aliphatic carbocycles. The Bertz CT molecular complexity index is 1480. The Hall–Kier alpha value is -4.96. The van der Waals surface area contributed by atoms with Crippen LogP contribution >= 0.6 is 11.6 Å². The van der Waals surface area contributed by atoms with E-state index >= 15 is 0 Å². The van der Waals surface area contributed by atoms with Crippen molar-refractivity contribution in [2.75, 3.05) is 12.0 Å². The molecule has 192 valence electrons. The molecule has 1 heterocycles. The molecule has 4 amide bonds. The highest BCUT2D eigenvalue weighted by atomic mass is 35.5. The molecule has 0 unspecified atom stereocenters. The second-order valence-electron chi connectivity index (χ2n) is 7.97. The number of ether oxygens (including phenoxy) is 2. The number of urea groups is 1. The fraction of sp³-hybridized carbons (Fsp3) is 0.0741. The molecule has 10 nitrogen and oxygen atoms in total. The van der Waals surface area contributed by atoms with Gasteiger partial charge in [-0.25, -0.2) is 19.3 Å². The molecule has 1 aliphatic heterocycles. The number of esters is 1. The molecular formula is C27H19ClN2O8. The van der Waals surface area contributed by atoms with Gasteiger partial charge >= 0.3 is 18.0 Å². The van der Waals surface area contributed by atoms with E-state index in [1.807, 2.05) is 0 Å². The normalized spacial score (nSPS) is 14.3. The number of carboxylic acid groups (broad SMARTS) is 1. The predicted octanol–water partition coefficient (Wildman–Crippen LogP) is 4.07. The lowest BCUT2D eigenvalue weighted by Crippen LogP contribution is -2.54. The number of hydrogen-bond acceptors (Lipinski definition) is 7. The summed E-state index contributed by atoms with van der Waals surface area (Å²) in [7, 11) is 1.23. The van der Waals surface area contributed by atoms with Crippen molar-refractivity contribution in [2.24, 2.45) is 0 Å². The Morgan fingerprint density at radius 3 is 2.26 bits per heavy atom. The van der Waals surface area contributed by atoms with E-state index in [2.05, 4.69) is 10.1 Å². The van der Waals surface area contributed by atoms with Crippen molar-refractivity contribution in [1.82, 2.24) is 5.32 Å². The number of halogens is 1. The number of carbonyl (C=O) groups excluding carboxylic acids is 4. The molecule has 0 aromatic heterocycles. The van der Waals surface area contributed by atoms with Crippen LogP contribution in [0.3, 0.4) is 0 Å². The van der Waals surface area contributed by atoms with Crippen LogP contribution < -0.4 is 15.0 Å². The first-order chi connectivity index (χ1) is 18.2. The summed E-state index contributed by atoms with van der Waals surface area (Å²) in [6.45, 7) is 0.0645. The molecule has 11 heteroatoms. The van der Waals surface area contributed by atoms with Gasteiger partial charge in [-0.3, -0.25) is 14.9 Å². The average Bonchev–Trinajstić information content (AvgIpc) is 2.90. The van der Waals surface area contributed by atoms with Gasteiger partial charge in [-0.1, -0.05) is 23.7 Å². The number of amides is 4. The van der Waals surface area contributed by atoms with E-state index in [0.717, 1.165) is 4.90 Å². The van der Waals surface area contributed by atoms with Crippen LogP contribution in [0.2, 0.25) is 5.02 Å². The van der Waals surface area contributed by atoms with Crippen LogP contribution in [0.15, 0.2) is 72.3 Å². The van der Waals surface area contributed by atoms with Gasteiger partial charge in [-0.05, 0) is 66.2 Å². The Balaban J connectivity index is 1.62. The van der Waals surface area contributed by atoms with Gasteiger partial charge in [-0.15, -0.1) is 0 Å². The third kappa shape index (κ3) is 5.55. The quantitative estimate of drug-likeness (QED) is 0.263. The van der Waals surface area contributed by atoms with E-state index < -0.39 is 29.8 Å². The SMILES string of the molecule is COC(=O)c1ccc(N2C(=O)NC(=O)/C(=C\c3cc(Cl)ccc3OCc3ccc(C(=O)O)cc3)C2=O)cc1. The molecule has 3 aromatic rings. The number of imide groups is 2. The van der Waals surface area contributed by atoms with E-state index in [1.54, 1.807) is 24.3 Å². The van der Waals surface area contributed by atoms with E-state index in [-0.39, 0.29) is 34.7 Å². The maximum Gasteiger partial charge on any atom is 0.337 e. The molecule has 0 bridgehead atoms. The number of anilines is 1. The smallest absolute Gasteiger partial charge is 0.337 e. The van der Waals surface area contributed by atoms with Crippen molar-refractivity contribution in [1.29, 1.82) is 0 Å². The first kappa shape index (κ1) is 26.1. The molecule has 0 atom stereocenters. The lowest BCUT2D eigenvalue weighted by Gasteiger charge is -2.26. The monoisotopic (exact) mass is 534 g/mol. The van der Waals surface area contributed by atoms with Crippen LogP contribution in [0.4, 0.5) is 10.5 Å². The van der Waals surface area contributed by atoms with Gasteiger partial charge in [0.1, 0.15) is 17.9 Å². The van der Waals surface area contributed by atoms with Crippen molar-refractivity contribution in [3.05, 3.63) is 99.6 Å². The molecule has 4 rings (SSSR count). The van der Waals surface area contributed by atoms with Gasteiger partial charge in [-0.2, -0.15) is 0 Å². The van der Waals surface area contributed by atoms with Crippen LogP contribution in [0.5, 0.6) is 5.75 Å². The molecule has 1 fully saturated rings. The summed E-state index contributed by atoms with van der Waals surface area (Å²) in [6, 6.07) is 15.3. The third-order valence-electron chi connectivity index (χ3n) is 5.52. The summed E-state index contributed by atoms with van der Waals surface area (Å²) < 4.78 is 10.5. The van der Waals surface area contributed by atoms with Gasteiger partial charge < -0.3 is 14.6 Å². The first-order valence-electron chi connectivity index (χ1n) is 11.0. The standard InChI is InChI=1S/C27H19ClN2O8/c1-37-26(35)17-6-9-20(10-7-17)30-24(32)21(23(31)29-27(30)36)13-18-12-19(28)8-11-22(18)38-14-15-2-4-16(5-3-15)25(33)34/h2-13H,14H2,1H3,(H,33,34)(H,29,31,36)/b21-13+. The number of methoxy groups -OCH3 is 1. The number of benzene rings is 3. The molecule has 0 spiro atoms. The average molecular weight is 535 g/mol. The van der Waals surface area contributed by atoms with Crippen molar-refractivity contribution in [2.45, 2.75) is 6.61 Å². The number of hydrogen-bond donors (Lipinski definition) is 2. The van der Waals surface area contributed by atoms with Crippen LogP contribution in [0.25, 0.3) is 6.08 Å². The number of nitrogens with zero attached hydrogens (tertiary/aromatic N) is 1. The second-order valence-corrected chi connectivity index (χ2v) is 8.41. The zero-order valence-corrected chi connectivity index (χ0v) is 20.5. The fourth-order valence-electron chi connectivity index (χ4n) is 3.58. The topological polar surface area (TPSA) is 139 Å². The first-order valence-corrected chi connectivity index (χ1v) is 11.4. The second kappa shape index (κ2) is 11.0. The molecule has 2 N–H and O–H groups in total. The molecule has 0 radical (unpaired) electrons. The van der Waals surface area contributed by atoms with Crippen molar-refractivity contribution < 1.29 is 38.6 Å². The zero-order valence-electron chi connectivity index (χ0n) is 19.8. The minimum Gasteiger partial charge on any atom is -0.488 e. The summed E-state index contributed by atoms with van der Waals surface area (Å²) in [4.78, 5) is 61.9. The van der Waals surface area contributed by atoms with Crippen molar-refractivity contribution in [3.63, 3.8) is 0 Å². The summed E-state index contributed by atoms with van der Waals surface area (Å²) >= 11 is 6.14. The molecule has 0 saturated carbocycles. The van der Waals surface area contributed by atoms with Crippen molar-refractivity contribution in [3.8, 4) is 5.75 Å². The van der Waals surface area contributed by atoms with Crippen LogP contribution in [-0.2, 0) is 20.9 Å². The van der Waals surface area contributed by atoms with E-state index in [9.17, 15) is 24.0 Å². The predicted molar refractivity (Wildman–Crippen MR) is 136 cm³/mol. The molecule has 38 heavy (non-hydrogen) atoms. The highest BCUT2D eigenvalue weighted by Crippen LogP contribution is 2.29. The Kier molecular flexibility index (Phi) is 7.54. The number of aromatic carboxylic acids is 1. The third-order valence-corrected chi connectivity index (χ3v) is 5.75. The number of carbonyl (C=O) groups is 5. The van der Waals surface area contributed by atoms with E-state index in [4.69, 9.17) is 21.4 Å². The van der Waals surface area contributed by atoms with E-state index in [0.29, 0.717) is 16.1 Å². The van der Waals surface area contributed by atoms with Gasteiger partial charge in [0.05, 0.1) is 23.9 Å². The van der Waals surface area contributed by atoms with Gasteiger partial charge in [0.2, 0.25) is 0 Å². The Labute approximate surface area is 221 Å². The van der Waals surface area contributed by atoms with Crippen LogP contribution in [0, 0.1) is 0 Å². The summed E-state index contributed by atoms with van der Waals surface area (Å²) in [6.07, 6.45) is 1.26. The number of carboxylic acids is 1. The summed E-state index contributed by atoms with van der Waals surface area (Å²) in [5, 5.41) is 11.5. The van der Waals surface area contributed by atoms with E-state index in [1.165, 1.54) is 55.7 Å². The van der Waals surface area contributed by atoms with Crippen LogP contribution in [-0.4, -0.2) is 42.0 Å². The fourth-order valence-corrected chi connectivity index (χ4v) is 3.76. The number of nitrogens with one attached hydrogen (secondary N) is 1. The van der Waals surface area contributed by atoms with Crippen LogP contribution in [0.1, 0.15) is 31.8 Å². The highest BCUT2D eigenvalue weighted by molar-refractivity contribution is 6.39. The molecule has 1 saturated heterocycles. The summed E-state index contributed by atoms with van der Waals surface area (Å²) in [5.74, 6) is -3.15. The molecular weight excluding hydrogens is 516 g/mol. The largest absolute Gasteiger partial charge is 0.488 e. The zero-order chi connectivity index (χ0) is 27.4. The highest BCUT2D eigenvalue weighted by Gasteiger charge is 2.37. The maximum atomic E-state index is 13.3. The Morgan fingerprint density at radius 2 is 1.63 bits per heavy atom. The molecule has 1 aliphatic rings.